The Hall–Kier alpha value is -6.01. The van der Waals surface area contributed by atoms with Gasteiger partial charge in [-0.1, -0.05) is 116 Å². The molecule has 0 N–H and O–H groups in total. The summed E-state index contributed by atoms with van der Waals surface area (Å²) in [5, 5.41) is 0. The van der Waals surface area contributed by atoms with Crippen molar-refractivity contribution in [1.29, 1.82) is 0 Å². The van der Waals surface area contributed by atoms with Crippen LogP contribution in [0.25, 0.3) is 90.9 Å². The Morgan fingerprint density at radius 1 is 0.333 bits per heavy atom. The molecular formula is C61H63CoN4. The molecule has 0 amide bonds. The van der Waals surface area contributed by atoms with Gasteiger partial charge in [0.15, 0.2) is 0 Å². The molecule has 0 radical (unpaired) electrons. The van der Waals surface area contributed by atoms with Crippen LogP contribution in [0.1, 0.15) is 110 Å². The van der Waals surface area contributed by atoms with Crippen molar-refractivity contribution < 1.29 is 16.8 Å². The average molecular weight is 911 g/mol. The number of aryl methyl sites for hydroxylation is 12. The second kappa shape index (κ2) is 18.3. The summed E-state index contributed by atoms with van der Waals surface area (Å²) in [6.45, 7) is 36.3. The molecule has 0 saturated heterocycles. The number of rotatable bonds is 4. The summed E-state index contributed by atoms with van der Waals surface area (Å²) in [6, 6.07) is 26.9. The first-order chi connectivity index (χ1) is 30.7. The second-order valence-corrected chi connectivity index (χ2v) is 20.0. The molecule has 8 bridgehead atoms. The summed E-state index contributed by atoms with van der Waals surface area (Å²) in [4.78, 5) is 22.4. The molecule has 336 valence electrons. The van der Waals surface area contributed by atoms with E-state index >= 15 is 0 Å². The SMILES string of the molecule is Cc1cc(C)c(-c2c3nc(c(-c4c(C)cc(C)cc4C)c4ccc([n-]4)c(-c4c(C)cc(C)cc4C)c4nc(c(-c5c(C)cc(C)cc5C)c5ccc2[n-]5)C=C4)C=C3)c(C)c1.[CH2-]C(C)(C)C.[Co+3]. The summed E-state index contributed by atoms with van der Waals surface area (Å²) in [6.07, 6.45) is 8.72. The van der Waals surface area contributed by atoms with Crippen molar-refractivity contribution in [1.82, 2.24) is 19.9 Å². The van der Waals surface area contributed by atoms with Gasteiger partial charge in [-0.3, -0.25) is 0 Å². The van der Waals surface area contributed by atoms with Gasteiger partial charge in [0.2, 0.25) is 0 Å². The number of fused-ring (bicyclic) bond motifs is 8. The van der Waals surface area contributed by atoms with Crippen molar-refractivity contribution in [2.24, 2.45) is 5.41 Å². The molecule has 0 aliphatic carbocycles. The summed E-state index contributed by atoms with van der Waals surface area (Å²) in [5.41, 5.74) is 30.6. The molecule has 66 heavy (non-hydrogen) atoms. The Morgan fingerprint density at radius 3 is 0.667 bits per heavy atom. The molecule has 4 nitrogen and oxygen atoms in total. The smallest absolute Gasteiger partial charge is 0.657 e. The zero-order valence-corrected chi connectivity index (χ0v) is 42.6. The first-order valence-corrected chi connectivity index (χ1v) is 22.9. The van der Waals surface area contributed by atoms with Crippen LogP contribution in [0.15, 0.2) is 72.8 Å². The zero-order chi connectivity index (χ0) is 46.8. The molecular weight excluding hydrogens is 848 g/mol. The van der Waals surface area contributed by atoms with Gasteiger partial charge in [-0.2, -0.15) is 5.41 Å². The average Bonchev–Trinajstić information content (AvgIpc) is 4.02. The van der Waals surface area contributed by atoms with E-state index in [1.807, 2.05) is 0 Å². The van der Waals surface area contributed by atoms with Crippen LogP contribution in [0.5, 0.6) is 0 Å². The molecule has 0 unspecified atom stereocenters. The van der Waals surface area contributed by atoms with Gasteiger partial charge in [0.25, 0.3) is 0 Å². The standard InChI is InChI=1S/C56H52N4.C5H11.Co/c1-29-21-33(5)49(34(6)22-29)53-41-13-15-43(57-41)54(50-35(7)23-30(2)24-36(50)8)45-17-19-47(59-45)56(52-39(11)27-32(4)28-40(52)12)48-20-18-46(60-48)55(44-16-14-42(53)58-44)51-37(9)25-31(3)26-38(51)10;1-5(2,3)4;/h13-28H,1-12H3;1H2,2-4H3;/q-2;-1;+3. The monoisotopic (exact) mass is 910 g/mol. The van der Waals surface area contributed by atoms with Gasteiger partial charge in [0, 0.05) is 0 Å². The van der Waals surface area contributed by atoms with Crippen LogP contribution < -0.4 is 9.97 Å². The number of hydrogen-bond acceptors (Lipinski definition) is 2. The summed E-state index contributed by atoms with van der Waals surface area (Å²) < 4.78 is 0. The molecule has 4 aromatic carbocycles. The minimum absolute atomic E-state index is 0. The third kappa shape index (κ3) is 9.34. The number of aromatic nitrogens is 4. The summed E-state index contributed by atoms with van der Waals surface area (Å²) in [7, 11) is 0. The molecule has 0 fully saturated rings. The normalized spacial score (nSPS) is 12.0. The minimum atomic E-state index is 0. The van der Waals surface area contributed by atoms with Gasteiger partial charge in [0.1, 0.15) is 0 Å². The van der Waals surface area contributed by atoms with E-state index in [1.165, 1.54) is 66.8 Å². The molecule has 0 atom stereocenters. The quantitative estimate of drug-likeness (QED) is 0.165. The fraction of sp³-hybridized carbons (Fsp3) is 0.262. The largest absolute Gasteiger partial charge is 3.00 e. The maximum atomic E-state index is 5.59. The Labute approximate surface area is 404 Å². The number of hydrogen-bond donors (Lipinski definition) is 0. The van der Waals surface area contributed by atoms with E-state index in [4.69, 9.17) is 19.9 Å². The zero-order valence-electron chi connectivity index (χ0n) is 41.6. The maximum Gasteiger partial charge on any atom is 3.00 e. The van der Waals surface area contributed by atoms with Crippen LogP contribution in [0.2, 0.25) is 0 Å². The molecule has 0 spiro atoms. The molecule has 3 aromatic heterocycles. The summed E-state index contributed by atoms with van der Waals surface area (Å²) >= 11 is 0. The van der Waals surface area contributed by atoms with Gasteiger partial charge >= 0.3 is 16.8 Å². The van der Waals surface area contributed by atoms with Crippen LogP contribution in [0.4, 0.5) is 0 Å². The third-order valence-corrected chi connectivity index (χ3v) is 12.3. The van der Waals surface area contributed by atoms with Gasteiger partial charge < -0.3 is 16.9 Å². The molecule has 5 heterocycles. The van der Waals surface area contributed by atoms with E-state index in [2.05, 4.69) is 208 Å². The van der Waals surface area contributed by atoms with Crippen molar-refractivity contribution in [3.63, 3.8) is 0 Å². The maximum absolute atomic E-state index is 5.59. The van der Waals surface area contributed by atoms with E-state index < -0.39 is 0 Å². The first-order valence-electron chi connectivity index (χ1n) is 22.9. The van der Waals surface area contributed by atoms with E-state index in [1.54, 1.807) is 0 Å². The molecule has 2 aliphatic heterocycles. The Balaban J connectivity index is 0.00000103. The number of benzene rings is 4. The van der Waals surface area contributed by atoms with E-state index in [-0.39, 0.29) is 22.2 Å². The second-order valence-electron chi connectivity index (χ2n) is 20.0. The van der Waals surface area contributed by atoms with E-state index in [0.29, 0.717) is 0 Å². The van der Waals surface area contributed by atoms with Crippen LogP contribution in [-0.2, 0) is 16.8 Å². The topological polar surface area (TPSA) is 54.0 Å². The van der Waals surface area contributed by atoms with E-state index in [0.717, 1.165) is 89.4 Å². The molecule has 2 aliphatic rings. The van der Waals surface area contributed by atoms with Crippen molar-refractivity contribution in [2.75, 3.05) is 0 Å². The van der Waals surface area contributed by atoms with Crippen molar-refractivity contribution in [2.45, 2.75) is 104 Å². The Kier molecular flexibility index (Phi) is 13.3. The van der Waals surface area contributed by atoms with Crippen LogP contribution in [-0.4, -0.2) is 9.97 Å². The summed E-state index contributed by atoms with van der Waals surface area (Å²) in [5.74, 6) is 0. The van der Waals surface area contributed by atoms with Crippen molar-refractivity contribution in [3.05, 3.63) is 169 Å². The first kappa shape index (κ1) is 47.9. The molecule has 0 saturated carbocycles. The van der Waals surface area contributed by atoms with Crippen molar-refractivity contribution in [3.8, 4) is 44.5 Å². The van der Waals surface area contributed by atoms with Crippen LogP contribution in [0, 0.1) is 95.4 Å². The Morgan fingerprint density at radius 2 is 0.500 bits per heavy atom. The fourth-order valence-electron chi connectivity index (χ4n) is 10.4. The predicted molar refractivity (Wildman–Crippen MR) is 280 cm³/mol. The van der Waals surface area contributed by atoms with Crippen LogP contribution in [0.3, 0.4) is 0 Å². The molecule has 5 heteroatoms. The number of nitrogens with zero attached hydrogens (tertiary/aromatic N) is 4. The predicted octanol–water partition coefficient (Wildman–Crippen LogP) is 16.1. The van der Waals surface area contributed by atoms with Gasteiger partial charge in [-0.05, 0) is 196 Å². The Bertz CT molecular complexity index is 2800. The fourth-order valence-corrected chi connectivity index (χ4v) is 10.4. The molecule has 7 aromatic rings. The van der Waals surface area contributed by atoms with E-state index in [9.17, 15) is 0 Å². The van der Waals surface area contributed by atoms with Gasteiger partial charge in [-0.25, -0.2) is 9.97 Å². The van der Waals surface area contributed by atoms with Crippen molar-refractivity contribution >= 4 is 46.4 Å². The molecule has 9 rings (SSSR count). The third-order valence-electron chi connectivity index (χ3n) is 12.3. The van der Waals surface area contributed by atoms with Crippen LogP contribution >= 0.6 is 0 Å². The minimum Gasteiger partial charge on any atom is -0.657 e. The van der Waals surface area contributed by atoms with Gasteiger partial charge in [0.05, 0.1) is 22.8 Å². The van der Waals surface area contributed by atoms with Gasteiger partial charge in [-0.15, -0.1) is 22.1 Å².